The highest BCUT2D eigenvalue weighted by atomic mass is 16.5. The molecular formula is C22H24N4O. The highest BCUT2D eigenvalue weighted by Crippen LogP contribution is 2.27. The van der Waals surface area contributed by atoms with Gasteiger partial charge in [0, 0.05) is 29.4 Å². The number of benzene rings is 2. The molecule has 1 aromatic heterocycles. The van der Waals surface area contributed by atoms with Gasteiger partial charge in [-0.2, -0.15) is 0 Å². The van der Waals surface area contributed by atoms with E-state index < -0.39 is 0 Å². The predicted molar refractivity (Wildman–Crippen MR) is 110 cm³/mol. The summed E-state index contributed by atoms with van der Waals surface area (Å²) in [5.41, 5.74) is 1.93. The summed E-state index contributed by atoms with van der Waals surface area (Å²) >= 11 is 0. The van der Waals surface area contributed by atoms with Crippen LogP contribution in [-0.4, -0.2) is 23.1 Å². The molecule has 0 aliphatic heterocycles. The van der Waals surface area contributed by atoms with Gasteiger partial charge >= 0.3 is 0 Å². The zero-order valence-corrected chi connectivity index (χ0v) is 15.5. The van der Waals surface area contributed by atoms with Gasteiger partial charge in [-0.1, -0.05) is 49.2 Å². The molecule has 2 N–H and O–H groups in total. The van der Waals surface area contributed by atoms with Crippen LogP contribution in [0.3, 0.4) is 0 Å². The van der Waals surface area contributed by atoms with E-state index in [1.54, 1.807) is 7.11 Å². The normalized spacial score (nSPS) is 14.1. The lowest BCUT2D eigenvalue weighted by Gasteiger charge is -2.15. The largest absolute Gasteiger partial charge is 0.497 e. The molecule has 0 bridgehead atoms. The number of aromatic nitrogens is 2. The Hall–Kier alpha value is -3.08. The lowest BCUT2D eigenvalue weighted by atomic mass is 10.2. The van der Waals surface area contributed by atoms with Crippen LogP contribution in [0.15, 0.2) is 60.7 Å². The third-order valence-electron chi connectivity index (χ3n) is 4.81. The van der Waals surface area contributed by atoms with Crippen LogP contribution < -0.4 is 15.4 Å². The van der Waals surface area contributed by atoms with E-state index in [0.717, 1.165) is 28.6 Å². The SMILES string of the molecule is COc1cccc(Nc2cc(NC3CCCC3)nc(-c3ccccc3)n2)c1. The molecule has 0 atom stereocenters. The molecule has 138 valence electrons. The summed E-state index contributed by atoms with van der Waals surface area (Å²) in [7, 11) is 1.67. The van der Waals surface area contributed by atoms with Crippen molar-refractivity contribution in [3.63, 3.8) is 0 Å². The van der Waals surface area contributed by atoms with Gasteiger partial charge in [0.25, 0.3) is 0 Å². The van der Waals surface area contributed by atoms with Gasteiger partial charge in [-0.15, -0.1) is 0 Å². The molecule has 0 spiro atoms. The van der Waals surface area contributed by atoms with Crippen LogP contribution in [0.25, 0.3) is 11.4 Å². The smallest absolute Gasteiger partial charge is 0.163 e. The number of hydrogen-bond acceptors (Lipinski definition) is 5. The Morgan fingerprint density at radius 3 is 2.44 bits per heavy atom. The second-order valence-electron chi connectivity index (χ2n) is 6.81. The van der Waals surface area contributed by atoms with Crippen molar-refractivity contribution < 1.29 is 4.74 Å². The van der Waals surface area contributed by atoms with Crippen LogP contribution >= 0.6 is 0 Å². The molecule has 0 unspecified atom stereocenters. The fourth-order valence-electron chi connectivity index (χ4n) is 3.43. The van der Waals surface area contributed by atoms with Gasteiger partial charge in [0.05, 0.1) is 7.11 Å². The standard InChI is InChI=1S/C22H24N4O/c1-27-19-13-7-12-18(14-19)24-21-15-20(23-17-10-5-6-11-17)25-22(26-21)16-8-3-2-4-9-16/h2-4,7-9,12-15,17H,5-6,10-11H2,1H3,(H2,23,24,25,26). The van der Waals surface area contributed by atoms with Crippen LogP contribution in [0.1, 0.15) is 25.7 Å². The van der Waals surface area contributed by atoms with Crippen molar-refractivity contribution in [2.24, 2.45) is 0 Å². The monoisotopic (exact) mass is 360 g/mol. The van der Waals surface area contributed by atoms with Gasteiger partial charge in [0.2, 0.25) is 0 Å². The topological polar surface area (TPSA) is 59.1 Å². The van der Waals surface area contributed by atoms with E-state index in [1.165, 1.54) is 25.7 Å². The van der Waals surface area contributed by atoms with Gasteiger partial charge in [-0.25, -0.2) is 9.97 Å². The molecule has 1 saturated carbocycles. The molecule has 0 amide bonds. The Morgan fingerprint density at radius 1 is 0.889 bits per heavy atom. The Morgan fingerprint density at radius 2 is 1.67 bits per heavy atom. The van der Waals surface area contributed by atoms with Crippen LogP contribution in [-0.2, 0) is 0 Å². The van der Waals surface area contributed by atoms with Crippen molar-refractivity contribution in [1.82, 2.24) is 9.97 Å². The third kappa shape index (κ3) is 4.37. The van der Waals surface area contributed by atoms with Crippen molar-refractivity contribution in [2.75, 3.05) is 17.7 Å². The number of nitrogens with zero attached hydrogens (tertiary/aromatic N) is 2. The van der Waals surface area contributed by atoms with E-state index in [9.17, 15) is 0 Å². The first-order valence-electron chi connectivity index (χ1n) is 9.42. The number of anilines is 3. The first-order chi connectivity index (χ1) is 13.3. The minimum atomic E-state index is 0.494. The molecular weight excluding hydrogens is 336 g/mol. The number of rotatable bonds is 6. The minimum Gasteiger partial charge on any atom is -0.497 e. The molecule has 0 radical (unpaired) electrons. The molecule has 5 nitrogen and oxygen atoms in total. The van der Waals surface area contributed by atoms with Crippen LogP contribution in [0, 0.1) is 0 Å². The lowest BCUT2D eigenvalue weighted by molar-refractivity contribution is 0.415. The van der Waals surface area contributed by atoms with Crippen molar-refractivity contribution in [2.45, 2.75) is 31.7 Å². The molecule has 0 saturated heterocycles. The van der Waals surface area contributed by atoms with Crippen molar-refractivity contribution in [3.05, 3.63) is 60.7 Å². The van der Waals surface area contributed by atoms with Crippen molar-refractivity contribution >= 4 is 17.3 Å². The number of methoxy groups -OCH3 is 1. The summed E-state index contributed by atoms with van der Waals surface area (Å²) < 4.78 is 5.31. The quantitative estimate of drug-likeness (QED) is 0.629. The highest BCUT2D eigenvalue weighted by molar-refractivity contribution is 5.65. The summed E-state index contributed by atoms with van der Waals surface area (Å²) in [5.74, 6) is 3.14. The number of hydrogen-bond donors (Lipinski definition) is 2. The first kappa shape index (κ1) is 17.3. The van der Waals surface area contributed by atoms with E-state index in [-0.39, 0.29) is 0 Å². The van der Waals surface area contributed by atoms with E-state index in [4.69, 9.17) is 14.7 Å². The average Bonchev–Trinajstić information content (AvgIpc) is 3.21. The molecule has 1 fully saturated rings. The molecule has 2 aromatic carbocycles. The molecule has 1 aliphatic carbocycles. The lowest BCUT2D eigenvalue weighted by Crippen LogP contribution is -2.16. The predicted octanol–water partition coefficient (Wildman–Crippen LogP) is 5.25. The van der Waals surface area contributed by atoms with Crippen LogP contribution in [0.5, 0.6) is 5.75 Å². The molecule has 4 rings (SSSR count). The zero-order chi connectivity index (χ0) is 18.5. The van der Waals surface area contributed by atoms with Gasteiger partial charge in [-0.3, -0.25) is 0 Å². The highest BCUT2D eigenvalue weighted by Gasteiger charge is 2.16. The Kier molecular flexibility index (Phi) is 5.19. The molecule has 1 aliphatic rings. The maximum absolute atomic E-state index is 5.31. The Labute approximate surface area is 159 Å². The maximum Gasteiger partial charge on any atom is 0.163 e. The van der Waals surface area contributed by atoms with E-state index in [1.807, 2.05) is 60.7 Å². The molecule has 3 aromatic rings. The second-order valence-corrected chi connectivity index (χ2v) is 6.81. The van der Waals surface area contributed by atoms with E-state index in [0.29, 0.717) is 11.9 Å². The fraction of sp³-hybridized carbons (Fsp3) is 0.273. The molecule has 5 heteroatoms. The second kappa shape index (κ2) is 8.08. The van der Waals surface area contributed by atoms with Gasteiger partial charge in [-0.05, 0) is 25.0 Å². The zero-order valence-electron chi connectivity index (χ0n) is 15.5. The summed E-state index contributed by atoms with van der Waals surface area (Å²) in [4.78, 5) is 9.48. The average molecular weight is 360 g/mol. The fourth-order valence-corrected chi connectivity index (χ4v) is 3.43. The van der Waals surface area contributed by atoms with Gasteiger partial charge < -0.3 is 15.4 Å². The third-order valence-corrected chi connectivity index (χ3v) is 4.81. The Balaban J connectivity index is 1.66. The van der Waals surface area contributed by atoms with Gasteiger partial charge in [0.1, 0.15) is 17.4 Å². The summed E-state index contributed by atoms with van der Waals surface area (Å²) in [5, 5.41) is 6.97. The Bertz CT molecular complexity index is 892. The van der Waals surface area contributed by atoms with Crippen molar-refractivity contribution in [1.29, 1.82) is 0 Å². The molecule has 27 heavy (non-hydrogen) atoms. The maximum atomic E-state index is 5.31. The summed E-state index contributed by atoms with van der Waals surface area (Å²) in [6.07, 6.45) is 4.96. The van der Waals surface area contributed by atoms with Gasteiger partial charge in [0.15, 0.2) is 5.82 Å². The first-order valence-corrected chi connectivity index (χ1v) is 9.42. The van der Waals surface area contributed by atoms with Crippen LogP contribution in [0.4, 0.5) is 17.3 Å². The van der Waals surface area contributed by atoms with Crippen molar-refractivity contribution in [3.8, 4) is 17.1 Å². The van der Waals surface area contributed by atoms with E-state index >= 15 is 0 Å². The summed E-state index contributed by atoms with van der Waals surface area (Å²) in [6.45, 7) is 0. The van der Waals surface area contributed by atoms with E-state index in [2.05, 4.69) is 10.6 Å². The number of nitrogens with one attached hydrogen (secondary N) is 2. The summed E-state index contributed by atoms with van der Waals surface area (Å²) in [6, 6.07) is 20.4. The molecule has 1 heterocycles. The van der Waals surface area contributed by atoms with Crippen LogP contribution in [0.2, 0.25) is 0 Å². The minimum absolute atomic E-state index is 0.494. The number of ether oxygens (including phenoxy) is 1.